The molecule has 1 aromatic rings. The van der Waals surface area contributed by atoms with E-state index in [-0.39, 0.29) is 5.41 Å². The molecule has 3 heteroatoms. The van der Waals surface area contributed by atoms with Gasteiger partial charge in [-0.05, 0) is 23.7 Å². The van der Waals surface area contributed by atoms with Crippen LogP contribution in [-0.4, -0.2) is 17.2 Å². The van der Waals surface area contributed by atoms with E-state index in [1.54, 1.807) is 0 Å². The van der Waals surface area contributed by atoms with E-state index in [1.165, 1.54) is 17.7 Å². The number of aromatic nitrogens is 2. The Morgan fingerprint density at radius 2 is 1.93 bits per heavy atom. The smallest absolute Gasteiger partial charge is 0.151 e. The molecule has 0 aliphatic heterocycles. The molecule has 3 nitrogen and oxygen atoms in total. The Bertz CT molecular complexity index is 374. The summed E-state index contributed by atoms with van der Waals surface area (Å²) in [5.74, 6) is 1.02. The van der Waals surface area contributed by atoms with Gasteiger partial charge in [0.25, 0.3) is 0 Å². The predicted molar refractivity (Wildman–Crippen MR) is 63.3 cm³/mol. The minimum atomic E-state index is 0.211. The number of nitrogens with one attached hydrogen (secondary N) is 2. The lowest BCUT2D eigenvalue weighted by Crippen LogP contribution is -2.34. The van der Waals surface area contributed by atoms with Gasteiger partial charge in [-0.25, -0.2) is 0 Å². The van der Waals surface area contributed by atoms with Gasteiger partial charge in [0.1, 0.15) is 0 Å². The van der Waals surface area contributed by atoms with Gasteiger partial charge in [-0.1, -0.05) is 27.7 Å². The first-order valence-corrected chi connectivity index (χ1v) is 5.61. The molecule has 0 radical (unpaired) electrons. The highest BCUT2D eigenvalue weighted by atomic mass is 15.2. The van der Waals surface area contributed by atoms with E-state index < -0.39 is 0 Å². The summed E-state index contributed by atoms with van der Waals surface area (Å²) >= 11 is 0. The Balaban J connectivity index is 2.53. The zero-order chi connectivity index (χ0) is 11.3. The summed E-state index contributed by atoms with van der Waals surface area (Å²) in [6, 6.07) is 0. The normalized spacial score (nSPS) is 22.2. The van der Waals surface area contributed by atoms with Gasteiger partial charge < -0.3 is 5.32 Å². The minimum absolute atomic E-state index is 0.211. The molecule has 2 N–H and O–H groups in total. The largest absolute Gasteiger partial charge is 0.371 e. The quantitative estimate of drug-likeness (QED) is 0.743. The van der Waals surface area contributed by atoms with Crippen molar-refractivity contribution in [2.24, 2.45) is 5.41 Å². The second kappa shape index (κ2) is 3.00. The highest BCUT2D eigenvalue weighted by Gasteiger charge is 2.40. The molecule has 0 spiro atoms. The number of aromatic amines is 1. The van der Waals surface area contributed by atoms with Gasteiger partial charge >= 0.3 is 0 Å². The molecule has 15 heavy (non-hydrogen) atoms. The lowest BCUT2D eigenvalue weighted by Gasteiger charge is -2.40. The topological polar surface area (TPSA) is 40.7 Å². The molecule has 0 bridgehead atoms. The number of hydrogen-bond donors (Lipinski definition) is 2. The van der Waals surface area contributed by atoms with E-state index in [1.807, 2.05) is 7.05 Å². The van der Waals surface area contributed by atoms with E-state index in [4.69, 9.17) is 0 Å². The van der Waals surface area contributed by atoms with Crippen molar-refractivity contribution in [2.75, 3.05) is 12.4 Å². The van der Waals surface area contributed by atoms with Crippen molar-refractivity contribution in [3.05, 3.63) is 11.3 Å². The van der Waals surface area contributed by atoms with Gasteiger partial charge in [0, 0.05) is 18.3 Å². The third-order valence-corrected chi connectivity index (χ3v) is 3.33. The SMILES string of the molecule is CNc1n[nH]c2c1C(C)(C)CC(C)(C)C2. The molecule has 1 aromatic heterocycles. The van der Waals surface area contributed by atoms with Crippen molar-refractivity contribution >= 4 is 5.82 Å². The molecular weight excluding hydrogens is 186 g/mol. The lowest BCUT2D eigenvalue weighted by atomic mass is 9.64. The molecular formula is C12H21N3. The van der Waals surface area contributed by atoms with E-state index in [0.717, 1.165) is 12.2 Å². The first kappa shape index (κ1) is 10.5. The van der Waals surface area contributed by atoms with Crippen LogP contribution in [0.2, 0.25) is 0 Å². The standard InChI is InChI=1S/C12H21N3/c1-11(2)6-8-9(12(3,4)7-11)10(13-5)15-14-8/h6-7H2,1-5H3,(H2,13,14,15). The Morgan fingerprint density at radius 1 is 1.27 bits per heavy atom. The van der Waals surface area contributed by atoms with Crippen molar-refractivity contribution in [3.63, 3.8) is 0 Å². The van der Waals surface area contributed by atoms with Crippen molar-refractivity contribution in [2.45, 2.75) is 46.0 Å². The molecule has 1 aliphatic carbocycles. The summed E-state index contributed by atoms with van der Waals surface area (Å²) in [4.78, 5) is 0. The van der Waals surface area contributed by atoms with Crippen LogP contribution in [0.15, 0.2) is 0 Å². The van der Waals surface area contributed by atoms with Crippen LogP contribution in [0.3, 0.4) is 0 Å². The summed E-state index contributed by atoms with van der Waals surface area (Å²) in [7, 11) is 1.94. The Hall–Kier alpha value is -0.990. The van der Waals surface area contributed by atoms with Crippen LogP contribution >= 0.6 is 0 Å². The van der Waals surface area contributed by atoms with Crippen LogP contribution in [0.4, 0.5) is 5.82 Å². The summed E-state index contributed by atoms with van der Waals surface area (Å²) in [5, 5.41) is 10.7. The van der Waals surface area contributed by atoms with Gasteiger partial charge in [0.15, 0.2) is 5.82 Å². The fraction of sp³-hybridized carbons (Fsp3) is 0.750. The van der Waals surface area contributed by atoms with E-state index >= 15 is 0 Å². The number of nitrogens with zero attached hydrogens (tertiary/aromatic N) is 1. The Labute approximate surface area is 91.7 Å². The zero-order valence-corrected chi connectivity index (χ0v) is 10.4. The van der Waals surface area contributed by atoms with Crippen LogP contribution in [0.1, 0.15) is 45.4 Å². The fourth-order valence-corrected chi connectivity index (χ4v) is 3.24. The summed E-state index contributed by atoms with van der Waals surface area (Å²) in [5.41, 5.74) is 3.26. The summed E-state index contributed by atoms with van der Waals surface area (Å²) < 4.78 is 0. The molecule has 0 fully saturated rings. The van der Waals surface area contributed by atoms with Crippen molar-refractivity contribution in [1.82, 2.24) is 10.2 Å². The van der Waals surface area contributed by atoms with Gasteiger partial charge in [0.2, 0.25) is 0 Å². The molecule has 0 aromatic carbocycles. The molecule has 1 heterocycles. The highest BCUT2D eigenvalue weighted by molar-refractivity contribution is 5.52. The number of fused-ring (bicyclic) bond motifs is 1. The lowest BCUT2D eigenvalue weighted by molar-refractivity contribution is 0.230. The van der Waals surface area contributed by atoms with Crippen LogP contribution in [-0.2, 0) is 11.8 Å². The maximum Gasteiger partial charge on any atom is 0.151 e. The highest BCUT2D eigenvalue weighted by Crippen LogP contribution is 2.47. The van der Waals surface area contributed by atoms with Crippen LogP contribution in [0, 0.1) is 5.41 Å². The molecule has 0 unspecified atom stereocenters. The van der Waals surface area contributed by atoms with Crippen LogP contribution in [0.25, 0.3) is 0 Å². The van der Waals surface area contributed by atoms with Crippen molar-refractivity contribution in [3.8, 4) is 0 Å². The molecule has 0 amide bonds. The second-order valence-electron chi connectivity index (χ2n) is 6.08. The van der Waals surface area contributed by atoms with E-state index in [2.05, 4.69) is 43.2 Å². The van der Waals surface area contributed by atoms with E-state index in [0.29, 0.717) is 5.41 Å². The fourth-order valence-electron chi connectivity index (χ4n) is 3.24. The monoisotopic (exact) mass is 207 g/mol. The second-order valence-corrected chi connectivity index (χ2v) is 6.08. The van der Waals surface area contributed by atoms with Crippen molar-refractivity contribution < 1.29 is 0 Å². The Morgan fingerprint density at radius 3 is 2.53 bits per heavy atom. The molecule has 1 aliphatic rings. The average Bonchev–Trinajstić information content (AvgIpc) is 2.43. The summed E-state index contributed by atoms with van der Waals surface area (Å²) in [6.45, 7) is 9.28. The van der Waals surface area contributed by atoms with Crippen molar-refractivity contribution in [1.29, 1.82) is 0 Å². The number of H-pyrrole nitrogens is 1. The molecule has 84 valence electrons. The Kier molecular flexibility index (Phi) is 2.11. The van der Waals surface area contributed by atoms with Gasteiger partial charge in [-0.3, -0.25) is 5.10 Å². The van der Waals surface area contributed by atoms with Gasteiger partial charge in [0.05, 0.1) is 0 Å². The number of hydrogen-bond acceptors (Lipinski definition) is 2. The molecule has 0 atom stereocenters. The minimum Gasteiger partial charge on any atom is -0.371 e. The number of anilines is 1. The molecule has 2 rings (SSSR count). The first-order valence-electron chi connectivity index (χ1n) is 5.61. The summed E-state index contributed by atoms with van der Waals surface area (Å²) in [6.07, 6.45) is 2.31. The van der Waals surface area contributed by atoms with E-state index in [9.17, 15) is 0 Å². The van der Waals surface area contributed by atoms with Gasteiger partial charge in [-0.2, -0.15) is 5.10 Å². The maximum atomic E-state index is 4.34. The first-order chi connectivity index (χ1) is 6.86. The average molecular weight is 207 g/mol. The molecule has 0 saturated carbocycles. The van der Waals surface area contributed by atoms with Crippen LogP contribution in [0.5, 0.6) is 0 Å². The maximum absolute atomic E-state index is 4.34. The van der Waals surface area contributed by atoms with Crippen LogP contribution < -0.4 is 5.32 Å². The third-order valence-electron chi connectivity index (χ3n) is 3.33. The third kappa shape index (κ3) is 1.64. The zero-order valence-electron chi connectivity index (χ0n) is 10.4. The molecule has 0 saturated heterocycles. The van der Waals surface area contributed by atoms with Gasteiger partial charge in [-0.15, -0.1) is 0 Å². The predicted octanol–water partition coefficient (Wildman–Crippen LogP) is 2.70. The number of rotatable bonds is 1.